The van der Waals surface area contributed by atoms with Crippen LogP contribution in [0.4, 0.5) is 0 Å². The third-order valence-corrected chi connectivity index (χ3v) is 1.90. The van der Waals surface area contributed by atoms with E-state index >= 15 is 0 Å². The SMILES string of the molecule is CC(C)CC(C)(OCCCl)C(=O)O. The molecular formula is C9H17ClO3. The van der Waals surface area contributed by atoms with Crippen molar-refractivity contribution in [3.63, 3.8) is 0 Å². The Labute approximate surface area is 84.0 Å². The summed E-state index contributed by atoms with van der Waals surface area (Å²) < 4.78 is 5.22. The molecule has 0 saturated heterocycles. The van der Waals surface area contributed by atoms with Crippen molar-refractivity contribution in [1.82, 2.24) is 0 Å². The highest BCUT2D eigenvalue weighted by Crippen LogP contribution is 2.21. The molecule has 1 unspecified atom stereocenters. The van der Waals surface area contributed by atoms with Gasteiger partial charge in [-0.25, -0.2) is 4.79 Å². The Morgan fingerprint density at radius 3 is 2.46 bits per heavy atom. The van der Waals surface area contributed by atoms with E-state index in [1.54, 1.807) is 6.92 Å². The number of carbonyl (C=O) groups is 1. The molecule has 0 heterocycles. The zero-order valence-electron chi connectivity index (χ0n) is 8.34. The molecule has 1 N–H and O–H groups in total. The van der Waals surface area contributed by atoms with Crippen LogP contribution in [-0.2, 0) is 9.53 Å². The van der Waals surface area contributed by atoms with E-state index in [2.05, 4.69) is 0 Å². The largest absolute Gasteiger partial charge is 0.479 e. The van der Waals surface area contributed by atoms with Gasteiger partial charge in [0.1, 0.15) is 0 Å². The van der Waals surface area contributed by atoms with Crippen molar-refractivity contribution in [2.24, 2.45) is 5.92 Å². The molecule has 0 saturated carbocycles. The molecular weight excluding hydrogens is 192 g/mol. The Balaban J connectivity index is 4.25. The molecule has 0 bridgehead atoms. The van der Waals surface area contributed by atoms with Crippen molar-refractivity contribution in [2.75, 3.05) is 12.5 Å². The van der Waals surface area contributed by atoms with E-state index in [9.17, 15) is 4.79 Å². The van der Waals surface area contributed by atoms with E-state index in [-0.39, 0.29) is 12.5 Å². The molecule has 78 valence electrons. The molecule has 0 rings (SSSR count). The lowest BCUT2D eigenvalue weighted by Crippen LogP contribution is -2.40. The van der Waals surface area contributed by atoms with E-state index in [0.717, 1.165) is 0 Å². The maximum Gasteiger partial charge on any atom is 0.335 e. The van der Waals surface area contributed by atoms with Gasteiger partial charge in [0.15, 0.2) is 5.60 Å². The first-order chi connectivity index (χ1) is 5.92. The Hall–Kier alpha value is -0.280. The minimum atomic E-state index is -1.09. The molecule has 0 amide bonds. The molecule has 4 heteroatoms. The molecule has 3 nitrogen and oxygen atoms in total. The molecule has 0 aromatic heterocycles. The second-order valence-electron chi connectivity index (χ2n) is 3.67. The quantitative estimate of drug-likeness (QED) is 0.681. The normalized spacial score (nSPS) is 15.8. The average molecular weight is 209 g/mol. The summed E-state index contributed by atoms with van der Waals surface area (Å²) in [6.45, 7) is 5.79. The van der Waals surface area contributed by atoms with E-state index in [0.29, 0.717) is 12.3 Å². The summed E-state index contributed by atoms with van der Waals surface area (Å²) in [5.74, 6) is -0.316. The van der Waals surface area contributed by atoms with Gasteiger partial charge in [-0.1, -0.05) is 13.8 Å². The van der Waals surface area contributed by atoms with E-state index < -0.39 is 11.6 Å². The van der Waals surface area contributed by atoms with Crippen LogP contribution in [0.2, 0.25) is 0 Å². The molecule has 0 fully saturated rings. The van der Waals surface area contributed by atoms with Gasteiger partial charge in [0, 0.05) is 5.88 Å². The first-order valence-corrected chi connectivity index (χ1v) is 4.89. The zero-order valence-corrected chi connectivity index (χ0v) is 9.10. The fraction of sp³-hybridized carbons (Fsp3) is 0.889. The van der Waals surface area contributed by atoms with E-state index in [1.807, 2.05) is 13.8 Å². The second kappa shape index (κ2) is 5.45. The summed E-state index contributed by atoms with van der Waals surface area (Å²) in [5.41, 5.74) is -1.09. The molecule has 0 aliphatic heterocycles. The van der Waals surface area contributed by atoms with E-state index in [4.69, 9.17) is 21.4 Å². The number of halogens is 1. The third-order valence-electron chi connectivity index (χ3n) is 1.75. The maximum atomic E-state index is 10.9. The van der Waals surface area contributed by atoms with Gasteiger partial charge in [-0.2, -0.15) is 0 Å². The molecule has 0 aromatic rings. The number of alkyl halides is 1. The van der Waals surface area contributed by atoms with Crippen LogP contribution < -0.4 is 0 Å². The van der Waals surface area contributed by atoms with Crippen molar-refractivity contribution < 1.29 is 14.6 Å². The molecule has 0 aliphatic carbocycles. The first kappa shape index (κ1) is 12.7. The van der Waals surface area contributed by atoms with Crippen LogP contribution in [0.5, 0.6) is 0 Å². The predicted molar refractivity (Wildman–Crippen MR) is 52.2 cm³/mol. The van der Waals surface area contributed by atoms with Gasteiger partial charge >= 0.3 is 5.97 Å². The minimum Gasteiger partial charge on any atom is -0.479 e. The number of hydrogen-bond acceptors (Lipinski definition) is 2. The van der Waals surface area contributed by atoms with Gasteiger partial charge in [0.25, 0.3) is 0 Å². The van der Waals surface area contributed by atoms with Crippen LogP contribution in [0.3, 0.4) is 0 Å². The topological polar surface area (TPSA) is 46.5 Å². The monoisotopic (exact) mass is 208 g/mol. The summed E-state index contributed by atoms with van der Waals surface area (Å²) in [6.07, 6.45) is 0.499. The van der Waals surface area contributed by atoms with Crippen LogP contribution in [0.25, 0.3) is 0 Å². The van der Waals surface area contributed by atoms with Gasteiger partial charge in [0.05, 0.1) is 6.61 Å². The van der Waals surface area contributed by atoms with Crippen LogP contribution in [0.15, 0.2) is 0 Å². The molecule has 0 aromatic carbocycles. The van der Waals surface area contributed by atoms with Gasteiger partial charge < -0.3 is 9.84 Å². The summed E-state index contributed by atoms with van der Waals surface area (Å²) in [7, 11) is 0. The molecule has 0 aliphatic rings. The summed E-state index contributed by atoms with van der Waals surface area (Å²) in [5, 5.41) is 8.94. The lowest BCUT2D eigenvalue weighted by Gasteiger charge is -2.26. The van der Waals surface area contributed by atoms with Crippen molar-refractivity contribution >= 4 is 17.6 Å². The van der Waals surface area contributed by atoms with Crippen molar-refractivity contribution in [2.45, 2.75) is 32.8 Å². The standard InChI is InChI=1S/C9H17ClO3/c1-7(2)6-9(3,8(11)12)13-5-4-10/h7H,4-6H2,1-3H3,(H,11,12). The van der Waals surface area contributed by atoms with Gasteiger partial charge in [-0.15, -0.1) is 11.6 Å². The fourth-order valence-corrected chi connectivity index (χ4v) is 1.33. The predicted octanol–water partition coefficient (Wildman–Crippen LogP) is 2.13. The fourth-order valence-electron chi connectivity index (χ4n) is 1.25. The van der Waals surface area contributed by atoms with Crippen molar-refractivity contribution in [3.05, 3.63) is 0 Å². The summed E-state index contributed by atoms with van der Waals surface area (Å²) in [6, 6.07) is 0. The third kappa shape index (κ3) is 4.48. The van der Waals surface area contributed by atoms with E-state index in [1.165, 1.54) is 0 Å². The molecule has 1 atom stereocenters. The van der Waals surface area contributed by atoms with Crippen LogP contribution in [0, 0.1) is 5.92 Å². The highest BCUT2D eigenvalue weighted by Gasteiger charge is 2.34. The second-order valence-corrected chi connectivity index (χ2v) is 4.05. The Bertz CT molecular complexity index is 170. The summed E-state index contributed by atoms with van der Waals surface area (Å²) >= 11 is 5.43. The van der Waals surface area contributed by atoms with Crippen molar-refractivity contribution in [3.8, 4) is 0 Å². The highest BCUT2D eigenvalue weighted by atomic mass is 35.5. The van der Waals surface area contributed by atoms with Crippen molar-refractivity contribution in [1.29, 1.82) is 0 Å². The van der Waals surface area contributed by atoms with Gasteiger partial charge in [-0.05, 0) is 19.3 Å². The van der Waals surface area contributed by atoms with Gasteiger partial charge in [0.2, 0.25) is 0 Å². The van der Waals surface area contributed by atoms with Gasteiger partial charge in [-0.3, -0.25) is 0 Å². The number of carboxylic acid groups (broad SMARTS) is 1. The van der Waals surface area contributed by atoms with Crippen LogP contribution in [-0.4, -0.2) is 29.2 Å². The highest BCUT2D eigenvalue weighted by molar-refractivity contribution is 6.17. The molecule has 0 radical (unpaired) electrons. The Morgan fingerprint density at radius 2 is 2.15 bits per heavy atom. The summed E-state index contributed by atoms with van der Waals surface area (Å²) in [4.78, 5) is 10.9. The van der Waals surface area contributed by atoms with Crippen LogP contribution >= 0.6 is 11.6 Å². The molecule has 13 heavy (non-hydrogen) atoms. The number of carboxylic acids is 1. The maximum absolute atomic E-state index is 10.9. The Morgan fingerprint density at radius 1 is 1.62 bits per heavy atom. The number of aliphatic carboxylic acids is 1. The lowest BCUT2D eigenvalue weighted by molar-refractivity contribution is -0.165. The number of ether oxygens (including phenoxy) is 1. The van der Waals surface area contributed by atoms with Crippen LogP contribution in [0.1, 0.15) is 27.2 Å². The smallest absolute Gasteiger partial charge is 0.335 e. The first-order valence-electron chi connectivity index (χ1n) is 4.35. The molecule has 0 spiro atoms. The lowest BCUT2D eigenvalue weighted by atomic mass is 9.94. The zero-order chi connectivity index (χ0) is 10.5. The average Bonchev–Trinajstić information content (AvgIpc) is 1.99. The Kier molecular flexibility index (Phi) is 5.33. The number of hydrogen-bond donors (Lipinski definition) is 1. The minimum absolute atomic E-state index is 0.275. The number of rotatable bonds is 6.